The summed E-state index contributed by atoms with van der Waals surface area (Å²) in [6.45, 7) is 4.88. The van der Waals surface area contributed by atoms with Gasteiger partial charge in [0.2, 0.25) is 10.0 Å². The third-order valence-corrected chi connectivity index (χ3v) is 6.72. The van der Waals surface area contributed by atoms with Gasteiger partial charge in [0.25, 0.3) is 5.91 Å². The maximum atomic E-state index is 12.6. The van der Waals surface area contributed by atoms with Crippen molar-refractivity contribution in [1.29, 1.82) is 0 Å². The minimum atomic E-state index is -3.58. The molecule has 1 saturated heterocycles. The normalized spacial score (nSPS) is 24.1. The first kappa shape index (κ1) is 19.8. The van der Waals surface area contributed by atoms with Crippen molar-refractivity contribution in [3.8, 4) is 0 Å². The molecular formula is C18H24N2O6S. The first-order chi connectivity index (χ1) is 12.8. The van der Waals surface area contributed by atoms with Gasteiger partial charge in [-0.05, 0) is 43.5 Å². The lowest BCUT2D eigenvalue weighted by molar-refractivity contribution is -0.154. The number of ether oxygens (including phenoxy) is 2. The summed E-state index contributed by atoms with van der Waals surface area (Å²) in [5.74, 6) is -0.601. The number of benzene rings is 1. The van der Waals surface area contributed by atoms with Gasteiger partial charge < -0.3 is 14.8 Å². The molecule has 2 aliphatic rings. The molecule has 3 unspecified atom stereocenters. The number of carbonyl (C=O) groups is 2. The van der Waals surface area contributed by atoms with E-state index in [9.17, 15) is 18.0 Å². The SMILES string of the molecule is CC(OC(=O)C1CC1C)C(=O)Nc1ccc(S(=O)(=O)N2CCOCC2)cc1. The number of carbonyl (C=O) groups excluding carboxylic acids is 2. The summed E-state index contributed by atoms with van der Waals surface area (Å²) >= 11 is 0. The van der Waals surface area contributed by atoms with Gasteiger partial charge in [-0.2, -0.15) is 4.31 Å². The molecule has 1 aromatic rings. The molecule has 1 aromatic carbocycles. The molecule has 1 saturated carbocycles. The van der Waals surface area contributed by atoms with Gasteiger partial charge in [0.05, 0.1) is 24.0 Å². The number of rotatable bonds is 6. The summed E-state index contributed by atoms with van der Waals surface area (Å²) in [5, 5.41) is 2.63. The number of sulfonamides is 1. The summed E-state index contributed by atoms with van der Waals surface area (Å²) in [6.07, 6.45) is -0.117. The van der Waals surface area contributed by atoms with Crippen molar-refractivity contribution in [2.24, 2.45) is 11.8 Å². The lowest BCUT2D eigenvalue weighted by Crippen LogP contribution is -2.40. The van der Waals surface area contributed by atoms with Crippen LogP contribution in [0.1, 0.15) is 20.3 Å². The van der Waals surface area contributed by atoms with Crippen LogP contribution in [-0.4, -0.2) is 57.0 Å². The number of esters is 1. The maximum absolute atomic E-state index is 12.6. The van der Waals surface area contributed by atoms with E-state index in [0.717, 1.165) is 6.42 Å². The average molecular weight is 396 g/mol. The molecular weight excluding hydrogens is 372 g/mol. The van der Waals surface area contributed by atoms with Gasteiger partial charge in [-0.25, -0.2) is 8.42 Å². The predicted octanol–water partition coefficient (Wildman–Crippen LogP) is 1.23. The lowest BCUT2D eigenvalue weighted by Gasteiger charge is -2.26. The van der Waals surface area contributed by atoms with E-state index in [2.05, 4.69) is 5.32 Å². The summed E-state index contributed by atoms with van der Waals surface area (Å²) in [5.41, 5.74) is 0.434. The molecule has 2 fully saturated rings. The Kier molecular flexibility index (Phi) is 5.83. The van der Waals surface area contributed by atoms with Crippen LogP contribution in [0.3, 0.4) is 0 Å². The fourth-order valence-electron chi connectivity index (χ4n) is 2.86. The molecule has 148 valence electrons. The van der Waals surface area contributed by atoms with Gasteiger partial charge in [0.15, 0.2) is 6.10 Å². The van der Waals surface area contributed by atoms with Crippen LogP contribution in [0.5, 0.6) is 0 Å². The molecule has 1 N–H and O–H groups in total. The highest BCUT2D eigenvalue weighted by atomic mass is 32.2. The minimum Gasteiger partial charge on any atom is -0.452 e. The van der Waals surface area contributed by atoms with Gasteiger partial charge in [0.1, 0.15) is 0 Å². The highest BCUT2D eigenvalue weighted by molar-refractivity contribution is 7.89. The van der Waals surface area contributed by atoms with Crippen molar-refractivity contribution in [2.45, 2.75) is 31.3 Å². The largest absolute Gasteiger partial charge is 0.452 e. The van der Waals surface area contributed by atoms with Gasteiger partial charge in [0, 0.05) is 18.8 Å². The summed E-state index contributed by atoms with van der Waals surface area (Å²) in [4.78, 5) is 24.1. The fourth-order valence-corrected chi connectivity index (χ4v) is 4.26. The van der Waals surface area contributed by atoms with Crippen LogP contribution in [0.4, 0.5) is 5.69 Å². The van der Waals surface area contributed by atoms with Crippen molar-refractivity contribution >= 4 is 27.6 Å². The molecule has 1 amide bonds. The Bertz CT molecular complexity index is 802. The Morgan fingerprint density at radius 1 is 1.22 bits per heavy atom. The van der Waals surface area contributed by atoms with Gasteiger partial charge in [-0.3, -0.25) is 9.59 Å². The summed E-state index contributed by atoms with van der Waals surface area (Å²) < 4.78 is 36.9. The lowest BCUT2D eigenvalue weighted by atomic mass is 10.3. The van der Waals surface area contributed by atoms with E-state index < -0.39 is 22.0 Å². The third kappa shape index (κ3) is 4.66. The van der Waals surface area contributed by atoms with E-state index in [1.165, 1.54) is 35.5 Å². The Balaban J connectivity index is 1.58. The fraction of sp³-hybridized carbons (Fsp3) is 0.556. The molecule has 0 radical (unpaired) electrons. The Morgan fingerprint density at radius 2 is 1.81 bits per heavy atom. The van der Waals surface area contributed by atoms with Gasteiger partial charge >= 0.3 is 5.97 Å². The van der Waals surface area contributed by atoms with Crippen molar-refractivity contribution in [2.75, 3.05) is 31.6 Å². The van der Waals surface area contributed by atoms with Gasteiger partial charge in [-0.1, -0.05) is 6.92 Å². The molecule has 1 heterocycles. The van der Waals surface area contributed by atoms with Gasteiger partial charge in [-0.15, -0.1) is 0 Å². The quantitative estimate of drug-likeness (QED) is 0.726. The second kappa shape index (κ2) is 7.95. The first-order valence-electron chi connectivity index (χ1n) is 8.98. The molecule has 0 aromatic heterocycles. The van der Waals surface area contributed by atoms with Crippen molar-refractivity contribution < 1.29 is 27.5 Å². The van der Waals surface area contributed by atoms with Crippen molar-refractivity contribution in [1.82, 2.24) is 4.31 Å². The summed E-state index contributed by atoms with van der Waals surface area (Å²) in [6, 6.07) is 5.93. The van der Waals surface area contributed by atoms with E-state index in [-0.39, 0.29) is 16.8 Å². The topological polar surface area (TPSA) is 102 Å². The predicted molar refractivity (Wildman–Crippen MR) is 97.5 cm³/mol. The second-order valence-electron chi connectivity index (χ2n) is 6.93. The van der Waals surface area contributed by atoms with Crippen LogP contribution < -0.4 is 5.32 Å². The second-order valence-corrected chi connectivity index (χ2v) is 8.87. The molecule has 0 spiro atoms. The monoisotopic (exact) mass is 396 g/mol. The molecule has 8 nitrogen and oxygen atoms in total. The third-order valence-electron chi connectivity index (χ3n) is 4.80. The number of morpholine rings is 1. The van der Waals surface area contributed by atoms with E-state index in [1.807, 2.05) is 6.92 Å². The molecule has 1 aliphatic carbocycles. The number of hydrogen-bond donors (Lipinski definition) is 1. The smallest absolute Gasteiger partial charge is 0.309 e. The van der Waals surface area contributed by atoms with Crippen LogP contribution in [0, 0.1) is 11.8 Å². The molecule has 1 aliphatic heterocycles. The molecule has 0 bridgehead atoms. The Morgan fingerprint density at radius 3 is 2.37 bits per heavy atom. The average Bonchev–Trinajstić information content (AvgIpc) is 3.39. The minimum absolute atomic E-state index is 0.107. The molecule has 27 heavy (non-hydrogen) atoms. The number of nitrogens with one attached hydrogen (secondary N) is 1. The molecule has 3 rings (SSSR count). The summed E-state index contributed by atoms with van der Waals surface area (Å²) in [7, 11) is -3.58. The van der Waals surface area contributed by atoms with E-state index in [0.29, 0.717) is 37.9 Å². The zero-order valence-corrected chi connectivity index (χ0v) is 16.2. The first-order valence-corrected chi connectivity index (χ1v) is 10.4. The number of nitrogens with zero attached hydrogens (tertiary/aromatic N) is 1. The number of hydrogen-bond acceptors (Lipinski definition) is 6. The molecule has 3 atom stereocenters. The van der Waals surface area contributed by atoms with Crippen LogP contribution in [0.15, 0.2) is 29.2 Å². The van der Waals surface area contributed by atoms with Crippen LogP contribution in [0.25, 0.3) is 0 Å². The van der Waals surface area contributed by atoms with Crippen molar-refractivity contribution in [3.63, 3.8) is 0 Å². The van der Waals surface area contributed by atoms with Crippen LogP contribution in [-0.2, 0) is 29.1 Å². The van der Waals surface area contributed by atoms with E-state index in [4.69, 9.17) is 9.47 Å². The highest BCUT2D eigenvalue weighted by Crippen LogP contribution is 2.38. The van der Waals surface area contributed by atoms with Crippen LogP contribution in [0.2, 0.25) is 0 Å². The van der Waals surface area contributed by atoms with Crippen molar-refractivity contribution in [3.05, 3.63) is 24.3 Å². The zero-order chi connectivity index (χ0) is 19.6. The number of amides is 1. The Hall–Kier alpha value is -1.97. The van der Waals surface area contributed by atoms with Crippen LogP contribution >= 0.6 is 0 Å². The zero-order valence-electron chi connectivity index (χ0n) is 15.4. The molecule has 9 heteroatoms. The van der Waals surface area contributed by atoms with E-state index >= 15 is 0 Å². The number of anilines is 1. The highest BCUT2D eigenvalue weighted by Gasteiger charge is 2.41. The Labute approximate surface area is 158 Å². The maximum Gasteiger partial charge on any atom is 0.309 e. The van der Waals surface area contributed by atoms with E-state index in [1.54, 1.807) is 0 Å². The standard InChI is InChI=1S/C18H24N2O6S/c1-12-11-16(12)18(22)26-13(2)17(21)19-14-3-5-15(6-4-14)27(23,24)20-7-9-25-10-8-20/h3-6,12-13,16H,7-11H2,1-2H3,(H,19,21).